The van der Waals surface area contributed by atoms with Crippen LogP contribution in [0.3, 0.4) is 0 Å². The number of aromatic nitrogens is 3. The van der Waals surface area contributed by atoms with Gasteiger partial charge in [-0.3, -0.25) is 0 Å². The van der Waals surface area contributed by atoms with Crippen molar-refractivity contribution < 1.29 is 13.2 Å². The van der Waals surface area contributed by atoms with Crippen LogP contribution in [0, 0.1) is 13.8 Å². The number of halogens is 3. The molecule has 2 rings (SSSR count). The number of nitrogens with zero attached hydrogens (tertiary/aromatic N) is 3. The molecule has 8 heteroatoms. The van der Waals surface area contributed by atoms with E-state index in [0.717, 1.165) is 5.56 Å². The van der Waals surface area contributed by atoms with Crippen molar-refractivity contribution in [1.29, 1.82) is 0 Å². The van der Waals surface area contributed by atoms with Gasteiger partial charge in [0.15, 0.2) is 5.01 Å². The third-order valence-electron chi connectivity index (χ3n) is 2.58. The predicted molar refractivity (Wildman–Crippen MR) is 71.8 cm³/mol. The number of thiazole rings is 1. The lowest BCUT2D eigenvalue weighted by atomic mass is 10.2. The Morgan fingerprint density at radius 2 is 1.95 bits per heavy atom. The van der Waals surface area contributed by atoms with Crippen LogP contribution in [-0.4, -0.2) is 21.5 Å². The van der Waals surface area contributed by atoms with Gasteiger partial charge in [-0.25, -0.2) is 15.0 Å². The van der Waals surface area contributed by atoms with Crippen molar-refractivity contribution in [3.8, 4) is 10.6 Å². The highest BCUT2D eigenvalue weighted by molar-refractivity contribution is 7.15. The summed E-state index contributed by atoms with van der Waals surface area (Å²) in [5.41, 5.74) is 1.20. The van der Waals surface area contributed by atoms with E-state index in [0.29, 0.717) is 40.1 Å². The molecule has 4 nitrogen and oxygen atoms in total. The summed E-state index contributed by atoms with van der Waals surface area (Å²) in [7, 11) is 0. The second kappa shape index (κ2) is 5.35. The van der Waals surface area contributed by atoms with E-state index in [2.05, 4.69) is 20.3 Å². The van der Waals surface area contributed by atoms with E-state index in [1.807, 2.05) is 6.92 Å². The second-order valence-electron chi connectivity index (χ2n) is 4.15. The van der Waals surface area contributed by atoms with E-state index in [1.54, 1.807) is 13.8 Å². The van der Waals surface area contributed by atoms with Crippen molar-refractivity contribution in [2.75, 3.05) is 11.9 Å². The smallest absolute Gasteiger partial charge is 0.370 e. The van der Waals surface area contributed by atoms with Gasteiger partial charge >= 0.3 is 6.18 Å². The third-order valence-corrected chi connectivity index (χ3v) is 3.63. The maximum absolute atomic E-state index is 12.6. The molecule has 20 heavy (non-hydrogen) atoms. The lowest BCUT2D eigenvalue weighted by Crippen LogP contribution is -2.05. The minimum atomic E-state index is -4.43. The first-order valence-corrected chi connectivity index (χ1v) is 6.77. The van der Waals surface area contributed by atoms with Crippen LogP contribution in [0.15, 0.2) is 6.20 Å². The van der Waals surface area contributed by atoms with Gasteiger partial charge in [-0.2, -0.15) is 13.2 Å². The summed E-state index contributed by atoms with van der Waals surface area (Å²) in [6.45, 7) is 6.08. The van der Waals surface area contributed by atoms with Crippen LogP contribution in [-0.2, 0) is 6.18 Å². The summed E-state index contributed by atoms with van der Waals surface area (Å²) in [6.07, 6.45) is -3.22. The molecular weight excluding hydrogens is 289 g/mol. The Bertz CT molecular complexity index is 622. The van der Waals surface area contributed by atoms with Crippen molar-refractivity contribution in [2.24, 2.45) is 0 Å². The quantitative estimate of drug-likeness (QED) is 0.940. The average Bonchev–Trinajstić information content (AvgIpc) is 2.82. The molecule has 0 saturated carbocycles. The molecule has 0 saturated heterocycles. The fourth-order valence-corrected chi connectivity index (χ4v) is 2.55. The number of anilines is 1. The lowest BCUT2D eigenvalue weighted by molar-refractivity contribution is -0.137. The van der Waals surface area contributed by atoms with Gasteiger partial charge in [0.1, 0.15) is 11.6 Å². The summed E-state index contributed by atoms with van der Waals surface area (Å²) in [5, 5.41) is 2.21. The Morgan fingerprint density at radius 1 is 1.25 bits per heavy atom. The van der Waals surface area contributed by atoms with E-state index in [-0.39, 0.29) is 0 Å². The van der Waals surface area contributed by atoms with E-state index in [9.17, 15) is 13.2 Å². The summed E-state index contributed by atoms with van der Waals surface area (Å²) < 4.78 is 37.8. The van der Waals surface area contributed by atoms with Gasteiger partial charge in [-0.1, -0.05) is 0 Å². The molecule has 0 aliphatic heterocycles. The third kappa shape index (κ3) is 2.90. The molecule has 2 aromatic rings. The van der Waals surface area contributed by atoms with Gasteiger partial charge in [-0.05, 0) is 20.8 Å². The number of hydrogen-bond acceptors (Lipinski definition) is 5. The highest BCUT2D eigenvalue weighted by Crippen LogP contribution is 2.37. The van der Waals surface area contributed by atoms with Crippen LogP contribution >= 0.6 is 11.3 Å². The molecule has 0 aliphatic carbocycles. The molecule has 1 N–H and O–H groups in total. The molecule has 0 aliphatic rings. The first-order chi connectivity index (χ1) is 9.32. The van der Waals surface area contributed by atoms with Gasteiger partial charge in [0, 0.05) is 18.3 Å². The molecular formula is C12H13F3N4S. The van der Waals surface area contributed by atoms with Crippen molar-refractivity contribution in [1.82, 2.24) is 15.0 Å². The zero-order chi connectivity index (χ0) is 14.9. The lowest BCUT2D eigenvalue weighted by Gasteiger charge is -2.10. The maximum atomic E-state index is 12.6. The molecule has 0 radical (unpaired) electrons. The topological polar surface area (TPSA) is 50.7 Å². The molecule has 0 fully saturated rings. The van der Waals surface area contributed by atoms with Crippen LogP contribution in [0.5, 0.6) is 0 Å². The van der Waals surface area contributed by atoms with Crippen LogP contribution in [0.1, 0.15) is 23.3 Å². The van der Waals surface area contributed by atoms with Crippen molar-refractivity contribution in [2.45, 2.75) is 26.9 Å². The van der Waals surface area contributed by atoms with Crippen molar-refractivity contribution in [3.05, 3.63) is 22.6 Å². The highest BCUT2D eigenvalue weighted by Gasteiger charge is 2.35. The largest absolute Gasteiger partial charge is 0.443 e. The standard InChI is InChI=1S/C12H13F3N4S/c1-4-16-10-6(2)9(18-7(3)19-10)8-5-17-11(20-8)12(13,14)15/h5H,4H2,1-3H3,(H,16,18,19). The van der Waals surface area contributed by atoms with Gasteiger partial charge in [0.05, 0.1) is 10.6 Å². The second-order valence-corrected chi connectivity index (χ2v) is 5.18. The monoisotopic (exact) mass is 302 g/mol. The number of aryl methyl sites for hydroxylation is 1. The molecule has 0 unspecified atom stereocenters. The molecule has 2 aromatic heterocycles. The fourth-order valence-electron chi connectivity index (χ4n) is 1.72. The molecule has 0 amide bonds. The van der Waals surface area contributed by atoms with Crippen molar-refractivity contribution in [3.63, 3.8) is 0 Å². The summed E-state index contributed by atoms with van der Waals surface area (Å²) >= 11 is 0.588. The van der Waals surface area contributed by atoms with Crippen LogP contribution in [0.25, 0.3) is 10.6 Å². The Labute approximate surface area is 118 Å². The number of rotatable bonds is 3. The number of alkyl halides is 3. The highest BCUT2D eigenvalue weighted by atomic mass is 32.1. The Kier molecular flexibility index (Phi) is 3.94. The number of nitrogens with one attached hydrogen (secondary N) is 1. The molecule has 0 aromatic carbocycles. The van der Waals surface area contributed by atoms with E-state index in [4.69, 9.17) is 0 Å². The maximum Gasteiger partial charge on any atom is 0.443 e. The zero-order valence-electron chi connectivity index (χ0n) is 11.2. The van der Waals surface area contributed by atoms with Crippen LogP contribution in [0.2, 0.25) is 0 Å². The van der Waals surface area contributed by atoms with Gasteiger partial charge < -0.3 is 5.32 Å². The number of hydrogen-bond donors (Lipinski definition) is 1. The minimum Gasteiger partial charge on any atom is -0.370 e. The Hall–Kier alpha value is -1.70. The Balaban J connectivity index is 2.50. The predicted octanol–water partition coefficient (Wildman–Crippen LogP) is 3.67. The van der Waals surface area contributed by atoms with Crippen molar-refractivity contribution >= 4 is 17.2 Å². The van der Waals surface area contributed by atoms with E-state index < -0.39 is 11.2 Å². The molecule has 0 bridgehead atoms. The van der Waals surface area contributed by atoms with Gasteiger partial charge in [0.25, 0.3) is 0 Å². The Morgan fingerprint density at radius 3 is 2.50 bits per heavy atom. The molecule has 108 valence electrons. The summed E-state index contributed by atoms with van der Waals surface area (Å²) in [6, 6.07) is 0. The van der Waals surface area contributed by atoms with Crippen LogP contribution in [0.4, 0.5) is 19.0 Å². The van der Waals surface area contributed by atoms with E-state index in [1.165, 1.54) is 6.20 Å². The molecule has 0 spiro atoms. The first kappa shape index (κ1) is 14.7. The average molecular weight is 302 g/mol. The SMILES string of the molecule is CCNc1nc(C)nc(-c2cnc(C(F)(F)F)s2)c1C. The molecule has 2 heterocycles. The minimum absolute atomic E-state index is 0.388. The fraction of sp³-hybridized carbons (Fsp3) is 0.417. The summed E-state index contributed by atoms with van der Waals surface area (Å²) in [4.78, 5) is 12.3. The van der Waals surface area contributed by atoms with Crippen LogP contribution < -0.4 is 5.32 Å². The zero-order valence-corrected chi connectivity index (χ0v) is 12.0. The normalized spacial score (nSPS) is 11.7. The van der Waals surface area contributed by atoms with Gasteiger partial charge in [0.2, 0.25) is 0 Å². The van der Waals surface area contributed by atoms with Gasteiger partial charge in [-0.15, -0.1) is 11.3 Å². The summed E-state index contributed by atoms with van der Waals surface area (Å²) in [5.74, 6) is 1.14. The van der Waals surface area contributed by atoms with E-state index >= 15 is 0 Å². The first-order valence-electron chi connectivity index (χ1n) is 5.95. The molecule has 0 atom stereocenters.